The van der Waals surface area contributed by atoms with Crippen molar-refractivity contribution in [1.82, 2.24) is 4.98 Å². The first-order chi connectivity index (χ1) is 14.0. The number of pyridine rings is 1. The van der Waals surface area contributed by atoms with Crippen molar-refractivity contribution in [3.63, 3.8) is 0 Å². The summed E-state index contributed by atoms with van der Waals surface area (Å²) in [5, 5.41) is 4.40. The molecule has 0 saturated heterocycles. The van der Waals surface area contributed by atoms with Gasteiger partial charge in [0.15, 0.2) is 0 Å². The SMILES string of the molecule is Cc1ccc(N/N=C/c2ccccn2)c(S(=O)(=O)Nc2ccccc2Cl)c1.N=O. The Morgan fingerprint density at radius 3 is 2.45 bits per heavy atom. The van der Waals surface area contributed by atoms with Crippen LogP contribution in [0.15, 0.2) is 76.9 Å². The van der Waals surface area contributed by atoms with E-state index in [9.17, 15) is 8.42 Å². The van der Waals surface area contributed by atoms with Crippen molar-refractivity contribution in [3.8, 4) is 0 Å². The predicted octanol–water partition coefficient (Wildman–Crippen LogP) is 4.62. The van der Waals surface area contributed by atoms with Gasteiger partial charge in [0, 0.05) is 6.20 Å². The lowest BCUT2D eigenvalue weighted by Crippen LogP contribution is -2.15. The quantitative estimate of drug-likeness (QED) is 0.298. The van der Waals surface area contributed by atoms with Crippen LogP contribution in [0, 0.1) is 17.4 Å². The topological polar surface area (TPSA) is 124 Å². The number of nitrogens with one attached hydrogen (secondary N) is 3. The molecular formula is C19H18ClN5O3S. The number of hydrazone groups is 1. The smallest absolute Gasteiger partial charge is 0.264 e. The average Bonchev–Trinajstić information content (AvgIpc) is 2.73. The Morgan fingerprint density at radius 1 is 1.03 bits per heavy atom. The highest BCUT2D eigenvalue weighted by Crippen LogP contribution is 2.28. The van der Waals surface area contributed by atoms with Crippen LogP contribution in [-0.2, 0) is 10.0 Å². The molecule has 0 spiro atoms. The van der Waals surface area contributed by atoms with Gasteiger partial charge < -0.3 is 0 Å². The molecule has 0 aliphatic heterocycles. The summed E-state index contributed by atoms with van der Waals surface area (Å²) in [6.07, 6.45) is 3.16. The van der Waals surface area contributed by atoms with Gasteiger partial charge in [0.05, 0.1) is 28.3 Å². The third-order valence-corrected chi connectivity index (χ3v) is 5.35. The van der Waals surface area contributed by atoms with Crippen LogP contribution in [0.25, 0.3) is 0 Å². The molecule has 0 aliphatic rings. The molecule has 0 saturated carbocycles. The van der Waals surface area contributed by atoms with Gasteiger partial charge in [-0.3, -0.25) is 15.1 Å². The number of aryl methyl sites for hydroxylation is 1. The molecule has 0 unspecified atom stereocenters. The zero-order valence-corrected chi connectivity index (χ0v) is 16.9. The summed E-state index contributed by atoms with van der Waals surface area (Å²) in [6.45, 7) is 1.81. The van der Waals surface area contributed by atoms with Gasteiger partial charge in [-0.2, -0.15) is 10.0 Å². The van der Waals surface area contributed by atoms with Crippen LogP contribution < -0.4 is 10.1 Å². The second kappa shape index (κ2) is 10.3. The second-order valence-electron chi connectivity index (χ2n) is 5.71. The second-order valence-corrected chi connectivity index (χ2v) is 7.77. The highest BCUT2D eigenvalue weighted by molar-refractivity contribution is 7.93. The first-order valence-electron chi connectivity index (χ1n) is 8.24. The Balaban J connectivity index is 0.00000145. The van der Waals surface area contributed by atoms with E-state index in [1.165, 1.54) is 6.21 Å². The molecule has 29 heavy (non-hydrogen) atoms. The fourth-order valence-electron chi connectivity index (χ4n) is 2.31. The van der Waals surface area contributed by atoms with Gasteiger partial charge in [-0.25, -0.2) is 8.42 Å². The fourth-order valence-corrected chi connectivity index (χ4v) is 3.87. The van der Waals surface area contributed by atoms with E-state index in [4.69, 9.17) is 16.5 Å². The number of anilines is 2. The number of rotatable bonds is 6. The highest BCUT2D eigenvalue weighted by atomic mass is 35.5. The zero-order chi connectivity index (χ0) is 21.3. The van der Waals surface area contributed by atoms with Crippen LogP contribution in [0.4, 0.5) is 11.4 Å². The Kier molecular flexibility index (Phi) is 7.81. The number of sulfonamides is 1. The Bertz CT molecular complexity index is 1090. The number of hydrogen-bond donors (Lipinski definition) is 3. The van der Waals surface area contributed by atoms with E-state index < -0.39 is 10.0 Å². The first kappa shape index (κ1) is 22.0. The molecule has 3 aromatic rings. The van der Waals surface area contributed by atoms with E-state index in [-0.39, 0.29) is 4.90 Å². The molecule has 0 bridgehead atoms. The summed E-state index contributed by atoms with van der Waals surface area (Å²) in [6, 6.07) is 17.1. The summed E-state index contributed by atoms with van der Waals surface area (Å²) in [7, 11) is -3.87. The maximum Gasteiger partial charge on any atom is 0.264 e. The summed E-state index contributed by atoms with van der Waals surface area (Å²) < 4.78 is 28.3. The standard InChI is InChI=1S/C19H17ClN4O2S.HNO/c1-14-9-10-18(23-22-13-15-6-4-5-11-21-15)19(12-14)27(25,26)24-17-8-3-2-7-16(17)20;1-2/h2-13,23-24H,1H3;1H/b22-13+;. The number of para-hydroxylation sites is 1. The number of aromatic nitrogens is 1. The summed E-state index contributed by atoms with van der Waals surface area (Å²) in [5.41, 5.74) is 9.37. The fraction of sp³-hybridized carbons (Fsp3) is 0.0526. The third-order valence-electron chi connectivity index (χ3n) is 3.61. The molecular weight excluding hydrogens is 414 g/mol. The minimum absolute atomic E-state index is 0.0700. The van der Waals surface area contributed by atoms with Gasteiger partial charge in [0.2, 0.25) is 0 Å². The van der Waals surface area contributed by atoms with Crippen molar-refractivity contribution in [3.05, 3.63) is 88.0 Å². The predicted molar refractivity (Wildman–Crippen MR) is 115 cm³/mol. The maximum atomic E-state index is 12.9. The van der Waals surface area contributed by atoms with E-state index >= 15 is 0 Å². The van der Waals surface area contributed by atoms with Crippen LogP contribution in [0.1, 0.15) is 11.3 Å². The number of benzene rings is 2. The molecule has 0 amide bonds. The number of hydrogen-bond acceptors (Lipinski definition) is 7. The van der Waals surface area contributed by atoms with E-state index in [1.807, 2.05) is 13.0 Å². The molecule has 1 aromatic heterocycles. The zero-order valence-electron chi connectivity index (χ0n) is 15.3. The molecule has 2 aromatic carbocycles. The minimum atomic E-state index is -3.87. The lowest BCUT2D eigenvalue weighted by molar-refractivity contribution is 0.601. The number of nitrogens with zero attached hydrogens (tertiary/aromatic N) is 2. The van der Waals surface area contributed by atoms with Gasteiger partial charge in [-0.05, 0) is 48.9 Å². The molecule has 10 heteroatoms. The van der Waals surface area contributed by atoms with Gasteiger partial charge in [-0.1, -0.05) is 41.5 Å². The average molecular weight is 432 g/mol. The van der Waals surface area contributed by atoms with Crippen LogP contribution in [-0.4, -0.2) is 19.6 Å². The van der Waals surface area contributed by atoms with E-state index in [1.54, 1.807) is 60.8 Å². The van der Waals surface area contributed by atoms with Crippen molar-refractivity contribution < 1.29 is 8.42 Å². The van der Waals surface area contributed by atoms with E-state index in [0.717, 1.165) is 5.56 Å². The van der Waals surface area contributed by atoms with Crippen LogP contribution in [0.5, 0.6) is 0 Å². The molecule has 3 rings (SSSR count). The van der Waals surface area contributed by atoms with Crippen molar-refractivity contribution in [1.29, 1.82) is 5.59 Å². The number of halogens is 1. The molecule has 3 N–H and O–H groups in total. The van der Waals surface area contributed by atoms with Crippen molar-refractivity contribution >= 4 is 39.2 Å². The number of nitroso groups, excluding NO2 is 1. The summed E-state index contributed by atoms with van der Waals surface area (Å²) in [4.78, 5) is 11.7. The summed E-state index contributed by atoms with van der Waals surface area (Å²) >= 11 is 6.07. The molecule has 0 radical (unpaired) electrons. The Hall–Kier alpha value is -3.30. The van der Waals surface area contributed by atoms with E-state index in [2.05, 4.69) is 25.8 Å². The van der Waals surface area contributed by atoms with Gasteiger partial charge in [0.25, 0.3) is 10.0 Å². The Labute approximate surface area is 173 Å². The molecule has 150 valence electrons. The molecule has 1 heterocycles. The van der Waals surface area contributed by atoms with Crippen LogP contribution in [0.2, 0.25) is 5.02 Å². The Morgan fingerprint density at radius 2 is 1.76 bits per heavy atom. The van der Waals surface area contributed by atoms with Crippen LogP contribution in [0.3, 0.4) is 0 Å². The lowest BCUT2D eigenvalue weighted by Gasteiger charge is -2.13. The molecule has 8 nitrogen and oxygen atoms in total. The monoisotopic (exact) mass is 431 g/mol. The van der Waals surface area contributed by atoms with Crippen LogP contribution >= 0.6 is 11.6 Å². The summed E-state index contributed by atoms with van der Waals surface area (Å²) in [5.74, 6) is 0. The molecule has 0 atom stereocenters. The lowest BCUT2D eigenvalue weighted by atomic mass is 10.2. The normalized spacial score (nSPS) is 10.8. The van der Waals surface area contributed by atoms with E-state index in [0.29, 0.717) is 22.1 Å². The van der Waals surface area contributed by atoms with Crippen molar-refractivity contribution in [2.45, 2.75) is 11.8 Å². The molecule has 0 fully saturated rings. The van der Waals surface area contributed by atoms with Gasteiger partial charge in [0.1, 0.15) is 4.90 Å². The van der Waals surface area contributed by atoms with Crippen molar-refractivity contribution in [2.24, 2.45) is 5.10 Å². The molecule has 0 aliphatic carbocycles. The van der Waals surface area contributed by atoms with Gasteiger partial charge in [-0.15, -0.1) is 0 Å². The highest BCUT2D eigenvalue weighted by Gasteiger charge is 2.20. The maximum absolute atomic E-state index is 12.9. The van der Waals surface area contributed by atoms with Crippen molar-refractivity contribution in [2.75, 3.05) is 10.1 Å². The minimum Gasteiger partial charge on any atom is -0.278 e. The first-order valence-corrected chi connectivity index (χ1v) is 10.1. The van der Waals surface area contributed by atoms with Gasteiger partial charge >= 0.3 is 0 Å². The third kappa shape index (κ3) is 6.09. The largest absolute Gasteiger partial charge is 0.278 e.